The molecular weight excluding hydrogens is 328 g/mol. The van der Waals surface area contributed by atoms with E-state index in [0.717, 1.165) is 64.2 Å². The first kappa shape index (κ1) is 20.0. The Balaban J connectivity index is 1.95. The van der Waals surface area contributed by atoms with Gasteiger partial charge >= 0.3 is 0 Å². The standard InChI is InChI=1S/C21H36N2O3/c1-14-13-17(25)11-12-18(14)21(15-7-9-16(24)10-8-15)19-5-3-4-6-20(19)23(26)22-2/h14-17,19-20,23-25H,2-13H2,1H3/b21-18-. The van der Waals surface area contributed by atoms with Crippen LogP contribution in [0, 0.1) is 23.0 Å². The average Bonchev–Trinajstić information content (AvgIpc) is 2.65. The van der Waals surface area contributed by atoms with Crippen LogP contribution in [0.4, 0.5) is 0 Å². The van der Waals surface area contributed by atoms with Crippen molar-refractivity contribution in [1.82, 2.24) is 0 Å². The van der Waals surface area contributed by atoms with Crippen molar-refractivity contribution in [2.75, 3.05) is 0 Å². The maximum atomic E-state index is 12.5. The van der Waals surface area contributed by atoms with E-state index < -0.39 is 0 Å². The zero-order chi connectivity index (χ0) is 18.7. The molecule has 0 spiro atoms. The summed E-state index contributed by atoms with van der Waals surface area (Å²) in [6.07, 6.45) is 10.3. The van der Waals surface area contributed by atoms with Crippen LogP contribution in [0.15, 0.2) is 16.2 Å². The number of hydroxylamine groups is 1. The van der Waals surface area contributed by atoms with Crippen LogP contribution in [-0.2, 0) is 0 Å². The van der Waals surface area contributed by atoms with Crippen molar-refractivity contribution in [2.24, 2.45) is 22.9 Å². The number of nitrogens with one attached hydrogen (secondary N) is 1. The molecule has 3 aliphatic rings. The number of hydrogen-bond acceptors (Lipinski definition) is 4. The number of nitrogens with zero attached hydrogens (tertiary/aromatic N) is 1. The van der Waals surface area contributed by atoms with Crippen LogP contribution in [0.5, 0.6) is 0 Å². The monoisotopic (exact) mass is 364 g/mol. The van der Waals surface area contributed by atoms with Crippen LogP contribution in [-0.4, -0.2) is 35.2 Å². The zero-order valence-electron chi connectivity index (χ0n) is 16.2. The summed E-state index contributed by atoms with van der Waals surface area (Å²) in [6, 6.07) is -0.0188. The van der Waals surface area contributed by atoms with Gasteiger partial charge in [0.25, 0.3) is 0 Å². The Labute approximate surface area is 157 Å². The van der Waals surface area contributed by atoms with Gasteiger partial charge in [-0.25, -0.2) is 5.17 Å². The van der Waals surface area contributed by atoms with Gasteiger partial charge in [0.2, 0.25) is 0 Å². The highest BCUT2D eigenvalue weighted by atomic mass is 16.5. The van der Waals surface area contributed by atoms with Crippen molar-refractivity contribution in [3.05, 3.63) is 16.4 Å². The third kappa shape index (κ3) is 4.38. The number of allylic oxidation sites excluding steroid dienone is 1. The fraction of sp³-hybridized carbons (Fsp3) is 0.857. The molecule has 3 N–H and O–H groups in total. The van der Waals surface area contributed by atoms with E-state index in [2.05, 4.69) is 18.7 Å². The third-order valence-electron chi connectivity index (χ3n) is 7.11. The molecule has 0 saturated heterocycles. The molecule has 5 atom stereocenters. The summed E-state index contributed by atoms with van der Waals surface area (Å²) in [5, 5.41) is 36.3. The highest BCUT2D eigenvalue weighted by Crippen LogP contribution is 2.45. The van der Waals surface area contributed by atoms with Crippen molar-refractivity contribution in [3.63, 3.8) is 0 Å². The molecule has 5 nitrogen and oxygen atoms in total. The second-order valence-corrected chi connectivity index (χ2v) is 8.81. The number of rotatable bonds is 4. The van der Waals surface area contributed by atoms with Gasteiger partial charge in [-0.05, 0) is 69.6 Å². The molecule has 0 amide bonds. The molecule has 0 aromatic heterocycles. The topological polar surface area (TPSA) is 80.3 Å². The van der Waals surface area contributed by atoms with E-state index >= 15 is 0 Å². The molecule has 3 rings (SSSR count). The second kappa shape index (κ2) is 8.96. The zero-order valence-corrected chi connectivity index (χ0v) is 16.2. The van der Waals surface area contributed by atoms with Crippen LogP contribution >= 0.6 is 0 Å². The first-order valence-electron chi connectivity index (χ1n) is 10.6. The van der Waals surface area contributed by atoms with Crippen LogP contribution in [0.1, 0.15) is 77.6 Å². The molecule has 3 saturated carbocycles. The predicted octanol–water partition coefficient (Wildman–Crippen LogP) is 2.57. The number of aliphatic hydroxyl groups is 2. The lowest BCUT2D eigenvalue weighted by Crippen LogP contribution is -3.08. The van der Waals surface area contributed by atoms with E-state index in [9.17, 15) is 15.4 Å². The molecule has 0 radical (unpaired) electrons. The Morgan fingerprint density at radius 1 is 1.04 bits per heavy atom. The Kier molecular flexibility index (Phi) is 6.89. The minimum atomic E-state index is -0.193. The Hall–Kier alpha value is -0.750. The van der Waals surface area contributed by atoms with Crippen LogP contribution in [0.3, 0.4) is 0 Å². The van der Waals surface area contributed by atoms with Crippen molar-refractivity contribution < 1.29 is 15.4 Å². The van der Waals surface area contributed by atoms with Gasteiger partial charge in [-0.15, -0.1) is 0 Å². The minimum absolute atomic E-state index is 0.0188. The highest BCUT2D eigenvalue weighted by Gasteiger charge is 2.39. The lowest BCUT2D eigenvalue weighted by atomic mass is 9.66. The van der Waals surface area contributed by atoms with Gasteiger partial charge in [0.1, 0.15) is 6.04 Å². The fourth-order valence-corrected chi connectivity index (χ4v) is 5.77. The average molecular weight is 365 g/mol. The highest BCUT2D eigenvalue weighted by molar-refractivity contribution is 5.26. The van der Waals surface area contributed by atoms with E-state index in [-0.39, 0.29) is 29.3 Å². The number of hydrogen-bond donors (Lipinski definition) is 3. The first-order valence-corrected chi connectivity index (χ1v) is 10.6. The van der Waals surface area contributed by atoms with Gasteiger partial charge in [0.05, 0.1) is 12.2 Å². The molecule has 5 unspecified atom stereocenters. The molecule has 5 heteroatoms. The maximum absolute atomic E-state index is 12.5. The van der Waals surface area contributed by atoms with E-state index in [0.29, 0.717) is 11.8 Å². The van der Waals surface area contributed by atoms with Crippen LogP contribution < -0.4 is 5.17 Å². The molecule has 3 aliphatic carbocycles. The van der Waals surface area contributed by atoms with Gasteiger partial charge in [0.15, 0.2) is 0 Å². The summed E-state index contributed by atoms with van der Waals surface area (Å²) in [5.41, 5.74) is 3.02. The van der Waals surface area contributed by atoms with E-state index in [1.165, 1.54) is 17.6 Å². The van der Waals surface area contributed by atoms with Gasteiger partial charge < -0.3 is 15.4 Å². The summed E-state index contributed by atoms with van der Waals surface area (Å²) >= 11 is 0. The lowest BCUT2D eigenvalue weighted by molar-refractivity contribution is -0.887. The third-order valence-corrected chi connectivity index (χ3v) is 7.11. The molecule has 0 heterocycles. The normalized spacial score (nSPS) is 42.2. The van der Waals surface area contributed by atoms with Crippen molar-refractivity contribution in [1.29, 1.82) is 0 Å². The smallest absolute Gasteiger partial charge is 0.118 e. The molecule has 0 aromatic rings. The SMILES string of the molecule is C=N[NH+]([O-])C1CCCCC1/C(=C1/CCC(O)CC1C)C1CCC(O)CC1. The summed E-state index contributed by atoms with van der Waals surface area (Å²) < 4.78 is 0. The first-order chi connectivity index (χ1) is 12.5. The quantitative estimate of drug-likeness (QED) is 0.407. The molecule has 26 heavy (non-hydrogen) atoms. The van der Waals surface area contributed by atoms with Crippen molar-refractivity contribution in [3.8, 4) is 0 Å². The largest absolute Gasteiger partial charge is 0.606 e. The Bertz CT molecular complexity index is 513. The second-order valence-electron chi connectivity index (χ2n) is 8.81. The maximum Gasteiger partial charge on any atom is 0.118 e. The molecule has 0 bridgehead atoms. The van der Waals surface area contributed by atoms with Crippen LogP contribution in [0.25, 0.3) is 0 Å². The molecule has 0 aromatic carbocycles. The van der Waals surface area contributed by atoms with Crippen LogP contribution in [0.2, 0.25) is 0 Å². The Morgan fingerprint density at radius 3 is 2.38 bits per heavy atom. The summed E-state index contributed by atoms with van der Waals surface area (Å²) in [5.74, 6) is 1.15. The van der Waals surface area contributed by atoms with Gasteiger partial charge in [-0.1, -0.05) is 29.6 Å². The molecular formula is C21H36N2O3. The number of quaternary nitrogens is 1. The van der Waals surface area contributed by atoms with Gasteiger partial charge in [0, 0.05) is 19.1 Å². The predicted molar refractivity (Wildman–Crippen MR) is 104 cm³/mol. The summed E-state index contributed by atoms with van der Waals surface area (Å²) in [6.45, 7) is 5.74. The fourth-order valence-electron chi connectivity index (χ4n) is 5.77. The Morgan fingerprint density at radius 2 is 1.73 bits per heavy atom. The molecule has 3 fully saturated rings. The van der Waals surface area contributed by atoms with Gasteiger partial charge in [-0.2, -0.15) is 0 Å². The summed E-state index contributed by atoms with van der Waals surface area (Å²) in [4.78, 5) is 0. The van der Waals surface area contributed by atoms with Gasteiger partial charge in [-0.3, -0.25) is 0 Å². The van der Waals surface area contributed by atoms with E-state index in [1.807, 2.05) is 0 Å². The van der Waals surface area contributed by atoms with Crippen molar-refractivity contribution >= 4 is 6.72 Å². The van der Waals surface area contributed by atoms with E-state index in [1.54, 1.807) is 0 Å². The minimum Gasteiger partial charge on any atom is -0.606 e. The number of aliphatic hydroxyl groups excluding tert-OH is 2. The lowest BCUT2D eigenvalue weighted by Gasteiger charge is -2.43. The summed E-state index contributed by atoms with van der Waals surface area (Å²) in [7, 11) is 0. The van der Waals surface area contributed by atoms with Crippen molar-refractivity contribution in [2.45, 2.75) is 95.8 Å². The molecule has 148 valence electrons. The van der Waals surface area contributed by atoms with E-state index in [4.69, 9.17) is 0 Å². The molecule has 0 aliphatic heterocycles.